The predicted octanol–water partition coefficient (Wildman–Crippen LogP) is 2.45. The number of benzene rings is 1. The van der Waals surface area contributed by atoms with Crippen LogP contribution in [0.3, 0.4) is 0 Å². The molecule has 2 heteroatoms. The van der Waals surface area contributed by atoms with Crippen molar-refractivity contribution in [3.63, 3.8) is 0 Å². The first-order valence-electron chi connectivity index (χ1n) is 5.30. The van der Waals surface area contributed by atoms with E-state index >= 15 is 0 Å². The molecule has 1 heterocycles. The molecule has 0 bridgehead atoms. The molecular weight excluding hydrogens is 188 g/mol. The second-order valence-corrected chi connectivity index (χ2v) is 3.93. The average Bonchev–Trinajstić information content (AvgIpc) is 2.29. The van der Waals surface area contributed by atoms with Crippen LogP contribution >= 0.6 is 0 Å². The number of hydrogen-bond donors (Lipinski definition) is 1. The Labute approximate surface area is 90.2 Å². The molecule has 1 fully saturated rings. The summed E-state index contributed by atoms with van der Waals surface area (Å²) in [5.41, 5.74) is 1.13. The fourth-order valence-electron chi connectivity index (χ4n) is 1.97. The molecule has 1 aliphatic rings. The lowest BCUT2D eigenvalue weighted by molar-refractivity contribution is -0.0776. The lowest BCUT2D eigenvalue weighted by Crippen LogP contribution is -2.29. The minimum absolute atomic E-state index is 0.00190. The molecule has 80 valence electrons. The van der Waals surface area contributed by atoms with Crippen LogP contribution in [0.1, 0.15) is 24.5 Å². The molecule has 0 aliphatic carbocycles. The number of ether oxygens (including phenoxy) is 1. The van der Waals surface area contributed by atoms with E-state index in [9.17, 15) is 5.11 Å². The van der Waals surface area contributed by atoms with Gasteiger partial charge < -0.3 is 9.84 Å². The summed E-state index contributed by atoms with van der Waals surface area (Å²) < 4.78 is 5.81. The van der Waals surface area contributed by atoms with Gasteiger partial charge in [-0.25, -0.2) is 0 Å². The Hall–Kier alpha value is -1.12. The molecule has 0 amide bonds. The van der Waals surface area contributed by atoms with E-state index in [2.05, 4.69) is 6.58 Å². The van der Waals surface area contributed by atoms with E-state index in [4.69, 9.17) is 4.74 Å². The lowest BCUT2D eigenvalue weighted by Gasteiger charge is -2.31. The number of aliphatic hydroxyl groups excluding tert-OH is 1. The van der Waals surface area contributed by atoms with Crippen LogP contribution in [0.2, 0.25) is 0 Å². The summed E-state index contributed by atoms with van der Waals surface area (Å²) in [5, 5.41) is 9.71. The first-order valence-corrected chi connectivity index (χ1v) is 5.30. The van der Waals surface area contributed by atoms with Crippen LogP contribution in [0.5, 0.6) is 0 Å². The highest BCUT2D eigenvalue weighted by Crippen LogP contribution is 2.31. The Balaban J connectivity index is 2.12. The van der Waals surface area contributed by atoms with E-state index in [0.717, 1.165) is 5.56 Å². The van der Waals surface area contributed by atoms with Crippen LogP contribution in [-0.2, 0) is 4.74 Å². The Morgan fingerprint density at radius 3 is 2.67 bits per heavy atom. The standard InChI is InChI=1S/C13H16O2/c1-2-12-8-11(14)9-13(15-12)10-6-4-3-5-7-10/h2-7,11-14H,1,8-9H2/t11-,12+,13-/m1/s1. The van der Waals surface area contributed by atoms with Gasteiger partial charge in [-0.3, -0.25) is 0 Å². The number of hydrogen-bond acceptors (Lipinski definition) is 2. The van der Waals surface area contributed by atoms with Crippen LogP contribution in [0.4, 0.5) is 0 Å². The van der Waals surface area contributed by atoms with Crippen molar-refractivity contribution in [3.8, 4) is 0 Å². The molecule has 3 atom stereocenters. The largest absolute Gasteiger partial charge is 0.393 e. The summed E-state index contributed by atoms with van der Waals surface area (Å²) >= 11 is 0. The van der Waals surface area contributed by atoms with Crippen molar-refractivity contribution in [2.45, 2.75) is 31.2 Å². The Morgan fingerprint density at radius 1 is 1.27 bits per heavy atom. The quantitative estimate of drug-likeness (QED) is 0.750. The van der Waals surface area contributed by atoms with E-state index in [0.29, 0.717) is 12.8 Å². The third-order valence-electron chi connectivity index (χ3n) is 2.76. The second-order valence-electron chi connectivity index (χ2n) is 3.93. The first kappa shape index (κ1) is 10.4. The van der Waals surface area contributed by atoms with Crippen molar-refractivity contribution in [1.29, 1.82) is 0 Å². The van der Waals surface area contributed by atoms with Gasteiger partial charge in [0, 0.05) is 12.8 Å². The normalized spacial score (nSPS) is 31.1. The van der Waals surface area contributed by atoms with Crippen LogP contribution in [0.15, 0.2) is 43.0 Å². The highest BCUT2D eigenvalue weighted by molar-refractivity contribution is 5.18. The maximum atomic E-state index is 9.71. The molecule has 1 aliphatic heterocycles. The molecule has 1 saturated heterocycles. The minimum Gasteiger partial charge on any atom is -0.393 e. The minimum atomic E-state index is -0.285. The molecule has 1 N–H and O–H groups in total. The topological polar surface area (TPSA) is 29.5 Å². The van der Waals surface area contributed by atoms with Gasteiger partial charge in [-0.2, -0.15) is 0 Å². The van der Waals surface area contributed by atoms with E-state index in [-0.39, 0.29) is 18.3 Å². The smallest absolute Gasteiger partial charge is 0.0857 e. The highest BCUT2D eigenvalue weighted by atomic mass is 16.5. The van der Waals surface area contributed by atoms with E-state index in [1.807, 2.05) is 30.3 Å². The summed E-state index contributed by atoms with van der Waals surface area (Å²) in [7, 11) is 0. The van der Waals surface area contributed by atoms with Gasteiger partial charge >= 0.3 is 0 Å². The molecule has 1 aromatic carbocycles. The lowest BCUT2D eigenvalue weighted by atomic mass is 9.96. The zero-order valence-corrected chi connectivity index (χ0v) is 8.67. The van der Waals surface area contributed by atoms with Crippen molar-refractivity contribution >= 4 is 0 Å². The summed E-state index contributed by atoms with van der Waals surface area (Å²) in [4.78, 5) is 0. The van der Waals surface area contributed by atoms with Crippen molar-refractivity contribution in [1.82, 2.24) is 0 Å². The molecule has 0 spiro atoms. The third-order valence-corrected chi connectivity index (χ3v) is 2.76. The van der Waals surface area contributed by atoms with Crippen LogP contribution in [-0.4, -0.2) is 17.3 Å². The highest BCUT2D eigenvalue weighted by Gasteiger charge is 2.27. The van der Waals surface area contributed by atoms with Gasteiger partial charge in [0.2, 0.25) is 0 Å². The summed E-state index contributed by atoms with van der Waals surface area (Å²) in [6, 6.07) is 10.0. The van der Waals surface area contributed by atoms with Crippen LogP contribution in [0.25, 0.3) is 0 Å². The molecule has 0 unspecified atom stereocenters. The molecular formula is C13H16O2. The molecule has 1 aromatic rings. The molecule has 2 rings (SSSR count). The number of aliphatic hydroxyl groups is 1. The molecule has 0 aromatic heterocycles. The molecule has 2 nitrogen and oxygen atoms in total. The molecule has 0 saturated carbocycles. The van der Waals surface area contributed by atoms with Gasteiger partial charge in [0.1, 0.15) is 0 Å². The van der Waals surface area contributed by atoms with Gasteiger partial charge in [-0.05, 0) is 5.56 Å². The maximum Gasteiger partial charge on any atom is 0.0857 e. The van der Waals surface area contributed by atoms with Gasteiger partial charge in [-0.1, -0.05) is 36.4 Å². The van der Waals surface area contributed by atoms with E-state index in [1.165, 1.54) is 0 Å². The van der Waals surface area contributed by atoms with Crippen LogP contribution in [0, 0.1) is 0 Å². The van der Waals surface area contributed by atoms with Gasteiger partial charge in [0.25, 0.3) is 0 Å². The average molecular weight is 204 g/mol. The maximum absolute atomic E-state index is 9.71. The monoisotopic (exact) mass is 204 g/mol. The summed E-state index contributed by atoms with van der Waals surface area (Å²) in [6.45, 7) is 3.71. The van der Waals surface area contributed by atoms with Crippen LogP contribution < -0.4 is 0 Å². The molecule has 15 heavy (non-hydrogen) atoms. The Morgan fingerprint density at radius 2 is 2.00 bits per heavy atom. The van der Waals surface area contributed by atoms with E-state index in [1.54, 1.807) is 6.08 Å². The van der Waals surface area contributed by atoms with E-state index < -0.39 is 0 Å². The Kier molecular flexibility index (Phi) is 3.19. The summed E-state index contributed by atoms with van der Waals surface area (Å²) in [5.74, 6) is 0. The fourth-order valence-corrected chi connectivity index (χ4v) is 1.97. The van der Waals surface area contributed by atoms with Crippen molar-refractivity contribution in [3.05, 3.63) is 48.6 Å². The fraction of sp³-hybridized carbons (Fsp3) is 0.385. The SMILES string of the molecule is C=C[C@H]1C[C@@H](O)C[C@H](c2ccccc2)O1. The zero-order valence-electron chi connectivity index (χ0n) is 8.67. The first-order chi connectivity index (χ1) is 7.29. The summed E-state index contributed by atoms with van der Waals surface area (Å²) in [6.07, 6.45) is 2.78. The molecule has 0 radical (unpaired) electrons. The van der Waals surface area contributed by atoms with Crippen molar-refractivity contribution in [2.75, 3.05) is 0 Å². The van der Waals surface area contributed by atoms with Crippen molar-refractivity contribution < 1.29 is 9.84 Å². The van der Waals surface area contributed by atoms with Gasteiger partial charge in [0.05, 0.1) is 18.3 Å². The van der Waals surface area contributed by atoms with Gasteiger partial charge in [0.15, 0.2) is 0 Å². The Bertz CT molecular complexity index is 321. The predicted molar refractivity (Wildman–Crippen MR) is 59.5 cm³/mol. The van der Waals surface area contributed by atoms with Crippen molar-refractivity contribution in [2.24, 2.45) is 0 Å². The second kappa shape index (κ2) is 4.60. The zero-order chi connectivity index (χ0) is 10.7. The van der Waals surface area contributed by atoms with Gasteiger partial charge in [-0.15, -0.1) is 6.58 Å². The number of rotatable bonds is 2. The third kappa shape index (κ3) is 2.46.